The Morgan fingerprint density at radius 2 is 2.33 bits per heavy atom. The van der Waals surface area contributed by atoms with E-state index in [0.717, 1.165) is 23.0 Å². The number of hydrogen-bond acceptors (Lipinski definition) is 4. The number of pyridine rings is 1. The Bertz CT molecular complexity index is 438. The SMILES string of the molecule is Cc1cc(C)c(C#N)c(SCC(=O)O)n1. The summed E-state index contributed by atoms with van der Waals surface area (Å²) >= 11 is 1.07. The van der Waals surface area contributed by atoms with E-state index in [2.05, 4.69) is 4.98 Å². The number of carboxylic acids is 1. The Hall–Kier alpha value is -1.54. The van der Waals surface area contributed by atoms with Gasteiger partial charge in [0.25, 0.3) is 0 Å². The van der Waals surface area contributed by atoms with Crippen LogP contribution in [0.4, 0.5) is 0 Å². The molecular weight excluding hydrogens is 212 g/mol. The molecule has 1 heterocycles. The van der Waals surface area contributed by atoms with E-state index < -0.39 is 5.97 Å². The van der Waals surface area contributed by atoms with Gasteiger partial charge in [0.15, 0.2) is 0 Å². The topological polar surface area (TPSA) is 74.0 Å². The predicted octanol–water partition coefficient (Wildman–Crippen LogP) is 1.75. The maximum Gasteiger partial charge on any atom is 0.313 e. The smallest absolute Gasteiger partial charge is 0.313 e. The fraction of sp³-hybridized carbons (Fsp3) is 0.300. The van der Waals surface area contributed by atoms with Gasteiger partial charge in [0, 0.05) is 5.69 Å². The molecule has 4 nitrogen and oxygen atoms in total. The van der Waals surface area contributed by atoms with E-state index in [9.17, 15) is 4.79 Å². The van der Waals surface area contributed by atoms with Crippen LogP contribution in [0.3, 0.4) is 0 Å². The van der Waals surface area contributed by atoms with Crippen LogP contribution >= 0.6 is 11.8 Å². The van der Waals surface area contributed by atoms with E-state index in [1.54, 1.807) is 0 Å². The first-order chi connectivity index (χ1) is 7.04. The molecule has 0 aliphatic rings. The van der Waals surface area contributed by atoms with Gasteiger partial charge in [-0.2, -0.15) is 5.26 Å². The first-order valence-electron chi connectivity index (χ1n) is 4.27. The second-order valence-electron chi connectivity index (χ2n) is 3.05. The van der Waals surface area contributed by atoms with Gasteiger partial charge in [-0.3, -0.25) is 4.79 Å². The molecule has 0 aliphatic carbocycles. The van der Waals surface area contributed by atoms with Gasteiger partial charge in [0.2, 0.25) is 0 Å². The molecule has 0 atom stereocenters. The van der Waals surface area contributed by atoms with Crippen molar-refractivity contribution in [3.8, 4) is 6.07 Å². The summed E-state index contributed by atoms with van der Waals surface area (Å²) in [6.07, 6.45) is 0. The number of aliphatic carboxylic acids is 1. The number of hydrogen-bond donors (Lipinski definition) is 1. The lowest BCUT2D eigenvalue weighted by molar-refractivity contribution is -0.133. The van der Waals surface area contributed by atoms with Gasteiger partial charge in [0.1, 0.15) is 11.1 Å². The molecule has 0 saturated carbocycles. The van der Waals surface area contributed by atoms with E-state index in [0.29, 0.717) is 10.6 Å². The molecule has 1 aromatic heterocycles. The lowest BCUT2D eigenvalue weighted by Crippen LogP contribution is -2.01. The van der Waals surface area contributed by atoms with Crippen LogP contribution in [-0.2, 0) is 4.79 Å². The summed E-state index contributed by atoms with van der Waals surface area (Å²) < 4.78 is 0. The van der Waals surface area contributed by atoms with E-state index in [1.165, 1.54) is 0 Å². The van der Waals surface area contributed by atoms with Crippen LogP contribution in [0.5, 0.6) is 0 Å². The molecule has 0 radical (unpaired) electrons. The van der Waals surface area contributed by atoms with Crippen LogP contribution in [0.25, 0.3) is 0 Å². The van der Waals surface area contributed by atoms with Crippen molar-refractivity contribution in [2.45, 2.75) is 18.9 Å². The molecule has 0 aromatic carbocycles. The van der Waals surface area contributed by atoms with Crippen molar-refractivity contribution in [1.29, 1.82) is 5.26 Å². The van der Waals surface area contributed by atoms with Gasteiger partial charge in [-0.25, -0.2) is 4.98 Å². The minimum absolute atomic E-state index is 0.0788. The first kappa shape index (κ1) is 11.5. The number of rotatable bonds is 3. The Morgan fingerprint density at radius 3 is 2.87 bits per heavy atom. The molecule has 0 saturated heterocycles. The third kappa shape index (κ3) is 2.96. The van der Waals surface area contributed by atoms with Gasteiger partial charge in [0.05, 0.1) is 11.3 Å². The van der Waals surface area contributed by atoms with Crippen LogP contribution in [0.1, 0.15) is 16.8 Å². The van der Waals surface area contributed by atoms with Gasteiger partial charge >= 0.3 is 5.97 Å². The summed E-state index contributed by atoms with van der Waals surface area (Å²) in [5.74, 6) is -0.991. The van der Waals surface area contributed by atoms with Crippen LogP contribution in [0, 0.1) is 25.2 Å². The van der Waals surface area contributed by atoms with Gasteiger partial charge in [-0.1, -0.05) is 11.8 Å². The summed E-state index contributed by atoms with van der Waals surface area (Å²) in [6, 6.07) is 3.85. The minimum Gasteiger partial charge on any atom is -0.481 e. The molecule has 0 aliphatic heterocycles. The molecule has 1 aromatic rings. The minimum atomic E-state index is -0.912. The standard InChI is InChI=1S/C10H10N2O2S/c1-6-3-7(2)12-10(8(6)4-11)15-5-9(13)14/h3H,5H2,1-2H3,(H,13,14). The van der Waals surface area contributed by atoms with Crippen molar-refractivity contribution in [2.24, 2.45) is 0 Å². The van der Waals surface area contributed by atoms with E-state index in [-0.39, 0.29) is 5.75 Å². The number of carbonyl (C=O) groups is 1. The Balaban J connectivity index is 3.05. The number of aryl methyl sites for hydroxylation is 2. The average molecular weight is 222 g/mol. The van der Waals surface area contributed by atoms with Crippen LogP contribution in [0.2, 0.25) is 0 Å². The number of nitrogens with zero attached hydrogens (tertiary/aromatic N) is 2. The molecule has 1 N–H and O–H groups in total. The summed E-state index contributed by atoms with van der Waals surface area (Å²) in [6.45, 7) is 3.64. The zero-order valence-corrected chi connectivity index (χ0v) is 9.26. The molecule has 1 rings (SSSR count). The number of carboxylic acid groups (broad SMARTS) is 1. The zero-order valence-electron chi connectivity index (χ0n) is 8.44. The quantitative estimate of drug-likeness (QED) is 0.788. The maximum atomic E-state index is 10.4. The highest BCUT2D eigenvalue weighted by Gasteiger charge is 2.10. The van der Waals surface area contributed by atoms with Crippen molar-refractivity contribution in [3.63, 3.8) is 0 Å². The molecule has 0 bridgehead atoms. The summed E-state index contributed by atoms with van der Waals surface area (Å²) in [5.41, 5.74) is 2.09. The van der Waals surface area contributed by atoms with Crippen molar-refractivity contribution in [2.75, 3.05) is 5.75 Å². The van der Waals surface area contributed by atoms with Crippen LogP contribution in [-0.4, -0.2) is 21.8 Å². The van der Waals surface area contributed by atoms with Crippen LogP contribution in [0.15, 0.2) is 11.1 Å². The van der Waals surface area contributed by atoms with E-state index >= 15 is 0 Å². The molecule has 0 fully saturated rings. The maximum absolute atomic E-state index is 10.4. The average Bonchev–Trinajstić information content (AvgIpc) is 2.13. The molecule has 0 spiro atoms. The second kappa shape index (κ2) is 4.80. The second-order valence-corrected chi connectivity index (χ2v) is 4.02. The van der Waals surface area contributed by atoms with Crippen molar-refractivity contribution in [1.82, 2.24) is 4.98 Å². The van der Waals surface area contributed by atoms with Gasteiger partial charge in [-0.05, 0) is 25.5 Å². The van der Waals surface area contributed by atoms with Crippen LogP contribution < -0.4 is 0 Å². The summed E-state index contributed by atoms with van der Waals surface area (Å²) in [5, 5.41) is 17.9. The highest BCUT2D eigenvalue weighted by molar-refractivity contribution is 7.99. The lowest BCUT2D eigenvalue weighted by Gasteiger charge is -2.05. The molecule has 0 unspecified atom stereocenters. The molecular formula is C10H10N2O2S. The fourth-order valence-electron chi connectivity index (χ4n) is 1.17. The molecule has 78 valence electrons. The highest BCUT2D eigenvalue weighted by atomic mass is 32.2. The zero-order chi connectivity index (χ0) is 11.4. The first-order valence-corrected chi connectivity index (χ1v) is 5.26. The Morgan fingerprint density at radius 1 is 1.67 bits per heavy atom. The monoisotopic (exact) mass is 222 g/mol. The Kier molecular flexibility index (Phi) is 3.69. The van der Waals surface area contributed by atoms with E-state index in [1.807, 2.05) is 26.0 Å². The lowest BCUT2D eigenvalue weighted by atomic mass is 10.1. The highest BCUT2D eigenvalue weighted by Crippen LogP contribution is 2.23. The third-order valence-electron chi connectivity index (χ3n) is 1.76. The number of aromatic nitrogens is 1. The predicted molar refractivity (Wildman–Crippen MR) is 56.8 cm³/mol. The summed E-state index contributed by atoms with van der Waals surface area (Å²) in [7, 11) is 0. The van der Waals surface area contributed by atoms with Crippen molar-refractivity contribution in [3.05, 3.63) is 22.9 Å². The van der Waals surface area contributed by atoms with Crippen molar-refractivity contribution >= 4 is 17.7 Å². The fourth-order valence-corrected chi connectivity index (χ4v) is 1.99. The largest absolute Gasteiger partial charge is 0.481 e. The number of thioether (sulfide) groups is 1. The molecule has 0 amide bonds. The summed E-state index contributed by atoms with van der Waals surface area (Å²) in [4.78, 5) is 14.6. The van der Waals surface area contributed by atoms with E-state index in [4.69, 9.17) is 10.4 Å². The Labute approximate surface area is 91.9 Å². The van der Waals surface area contributed by atoms with Gasteiger partial charge < -0.3 is 5.11 Å². The van der Waals surface area contributed by atoms with Gasteiger partial charge in [-0.15, -0.1) is 0 Å². The molecule has 15 heavy (non-hydrogen) atoms. The molecule has 5 heteroatoms. The number of nitriles is 1. The van der Waals surface area contributed by atoms with Crippen molar-refractivity contribution < 1.29 is 9.90 Å². The normalized spacial score (nSPS) is 9.67. The third-order valence-corrected chi connectivity index (χ3v) is 2.72.